The number of hydrogen-bond acceptors (Lipinski definition) is 9. The van der Waals surface area contributed by atoms with Gasteiger partial charge < -0.3 is 25.0 Å². The number of ether oxygens (including phenoxy) is 2. The number of aryl methyl sites for hydroxylation is 1. The van der Waals surface area contributed by atoms with Crippen molar-refractivity contribution in [3.05, 3.63) is 75.6 Å². The molecule has 1 amide bonds. The van der Waals surface area contributed by atoms with Crippen molar-refractivity contribution < 1.29 is 41.0 Å². The molecule has 11 nitrogen and oxygen atoms in total. The minimum absolute atomic E-state index is 0.0388. The first-order chi connectivity index (χ1) is 24.8. The van der Waals surface area contributed by atoms with Gasteiger partial charge in [0.1, 0.15) is 17.3 Å². The Kier molecular flexibility index (Phi) is 12.2. The maximum Gasteiger partial charge on any atom is 0.491 e. The summed E-state index contributed by atoms with van der Waals surface area (Å²) in [5.74, 6) is -6.38. The summed E-state index contributed by atoms with van der Waals surface area (Å²) in [4.78, 5) is 50.6. The predicted molar refractivity (Wildman–Crippen MR) is 184 cm³/mol. The molecule has 0 atom stereocenters. The van der Waals surface area contributed by atoms with Crippen LogP contribution in [-0.2, 0) is 9.53 Å². The third kappa shape index (κ3) is 8.56. The number of fused-ring (bicyclic) bond motifs is 1. The third-order valence-corrected chi connectivity index (χ3v) is 8.91. The smallest absolute Gasteiger partial charge is 0.418 e. The number of pyridine rings is 1. The number of benzene rings is 2. The molecule has 16 heteroatoms. The highest BCUT2D eigenvalue weighted by molar-refractivity contribution is 6.03. The normalized spacial score (nSPS) is 13.8. The number of rotatable bonds is 13. The van der Waals surface area contributed by atoms with E-state index >= 15 is 8.78 Å². The topological polar surface area (TPSA) is 128 Å². The molecule has 2 N–H and O–H groups in total. The highest BCUT2D eigenvalue weighted by Gasteiger charge is 2.43. The van der Waals surface area contributed by atoms with Crippen molar-refractivity contribution in [2.75, 3.05) is 51.3 Å². The number of carbonyl (C=O) groups excluding carboxylic acids is 2. The molecule has 0 aliphatic carbocycles. The maximum atomic E-state index is 15.2. The van der Waals surface area contributed by atoms with Gasteiger partial charge in [0.15, 0.2) is 11.4 Å². The fraction of sp³-hybridized carbons (Fsp3) is 0.417. The van der Waals surface area contributed by atoms with Crippen LogP contribution in [0.2, 0.25) is 0 Å². The van der Waals surface area contributed by atoms with E-state index < -0.39 is 46.7 Å². The van der Waals surface area contributed by atoms with Crippen LogP contribution in [0, 0.1) is 24.5 Å². The lowest BCUT2D eigenvalue weighted by molar-refractivity contribution is -0.189. The van der Waals surface area contributed by atoms with E-state index in [4.69, 9.17) is 9.47 Å². The van der Waals surface area contributed by atoms with E-state index in [-0.39, 0.29) is 51.8 Å². The number of hydrogen-bond donors (Lipinski definition) is 2. The second-order valence-corrected chi connectivity index (χ2v) is 12.3. The standard InChI is InChI=1S/C36H39F5N6O5/c1-4-46(5-2)17-7-16-42-35-44-29(23-12-13-27(48)47(32(23)45-35)30-25(37)8-6-9-26(30)38)28-21(3)10-11-24(31(28)52-34(50)36(39,40)41)33(49)43-20-22-14-18-51-19-15-22/h6,8-13,22H,4-5,7,14-20H2,1-3H3,(H,43,49)(H,42,44,45). The van der Waals surface area contributed by atoms with E-state index in [0.29, 0.717) is 50.1 Å². The Morgan fingerprint density at radius 2 is 1.71 bits per heavy atom. The van der Waals surface area contributed by atoms with Gasteiger partial charge in [-0.25, -0.2) is 18.6 Å². The van der Waals surface area contributed by atoms with Gasteiger partial charge in [-0.05, 0) is 81.6 Å². The molecule has 4 aromatic rings. The van der Waals surface area contributed by atoms with Crippen LogP contribution in [0.3, 0.4) is 0 Å². The number of nitrogens with zero attached hydrogens (tertiary/aromatic N) is 4. The molecule has 1 fully saturated rings. The second-order valence-electron chi connectivity index (χ2n) is 12.3. The van der Waals surface area contributed by atoms with Gasteiger partial charge in [0, 0.05) is 43.3 Å². The summed E-state index contributed by atoms with van der Waals surface area (Å²) in [5, 5.41) is 5.73. The van der Waals surface area contributed by atoms with E-state index in [2.05, 4.69) is 25.5 Å². The number of esters is 1. The van der Waals surface area contributed by atoms with Crippen LogP contribution >= 0.6 is 0 Å². The first-order valence-corrected chi connectivity index (χ1v) is 17.0. The van der Waals surface area contributed by atoms with Gasteiger partial charge >= 0.3 is 12.1 Å². The minimum Gasteiger partial charge on any atom is -0.418 e. The SMILES string of the molecule is CCN(CC)CCCNc1nc(-c2c(C)ccc(C(=O)NCC3CCOCC3)c2OC(=O)C(F)(F)F)c2ccc(=O)n(-c3c(F)cccc3F)c2n1. The molecular weight excluding hydrogens is 691 g/mol. The Hall–Kier alpha value is -4.96. The van der Waals surface area contributed by atoms with Crippen LogP contribution in [0.1, 0.15) is 49.0 Å². The van der Waals surface area contributed by atoms with Crippen LogP contribution in [0.5, 0.6) is 5.75 Å². The molecular formula is C36H39F5N6O5. The van der Waals surface area contributed by atoms with Gasteiger partial charge in [0.25, 0.3) is 11.5 Å². The Morgan fingerprint density at radius 3 is 2.37 bits per heavy atom. The Balaban J connectivity index is 1.73. The molecule has 0 radical (unpaired) electrons. The van der Waals surface area contributed by atoms with Gasteiger partial charge in [0.05, 0.1) is 11.3 Å². The summed E-state index contributed by atoms with van der Waals surface area (Å²) in [6.45, 7) is 9.34. The van der Waals surface area contributed by atoms with Crippen molar-refractivity contribution in [1.82, 2.24) is 24.8 Å². The monoisotopic (exact) mass is 730 g/mol. The molecule has 52 heavy (non-hydrogen) atoms. The predicted octanol–water partition coefficient (Wildman–Crippen LogP) is 5.80. The first-order valence-electron chi connectivity index (χ1n) is 17.0. The third-order valence-electron chi connectivity index (χ3n) is 8.91. The summed E-state index contributed by atoms with van der Waals surface area (Å²) in [6.07, 6.45) is -3.50. The molecule has 0 saturated carbocycles. The average molecular weight is 731 g/mol. The molecule has 5 rings (SSSR count). The summed E-state index contributed by atoms with van der Waals surface area (Å²) in [5.41, 5.74) is -2.42. The van der Waals surface area contributed by atoms with Gasteiger partial charge in [-0.15, -0.1) is 0 Å². The first kappa shape index (κ1) is 38.3. The molecule has 278 valence electrons. The highest BCUT2D eigenvalue weighted by atomic mass is 19.4. The quantitative estimate of drug-likeness (QED) is 0.0760. The second kappa shape index (κ2) is 16.6. The van der Waals surface area contributed by atoms with E-state index in [1.165, 1.54) is 25.1 Å². The summed E-state index contributed by atoms with van der Waals surface area (Å²) in [7, 11) is 0. The van der Waals surface area contributed by atoms with E-state index in [0.717, 1.165) is 37.4 Å². The molecule has 1 aliphatic rings. The number of carbonyl (C=O) groups is 2. The number of amides is 1. The zero-order valence-corrected chi connectivity index (χ0v) is 28.9. The van der Waals surface area contributed by atoms with Crippen molar-refractivity contribution in [3.63, 3.8) is 0 Å². The van der Waals surface area contributed by atoms with Crippen LogP contribution in [0.4, 0.5) is 27.9 Å². The van der Waals surface area contributed by atoms with Gasteiger partial charge in [-0.2, -0.15) is 18.2 Å². The maximum absolute atomic E-state index is 15.2. The Labute approximate surface area is 296 Å². The van der Waals surface area contributed by atoms with Crippen LogP contribution in [0.15, 0.2) is 47.3 Å². The molecule has 3 heterocycles. The Bertz CT molecular complexity index is 1970. The number of halogens is 5. The van der Waals surface area contributed by atoms with Gasteiger partial charge in [-0.1, -0.05) is 26.0 Å². The summed E-state index contributed by atoms with van der Waals surface area (Å²) >= 11 is 0. The van der Waals surface area contributed by atoms with E-state index in [1.54, 1.807) is 0 Å². The van der Waals surface area contributed by atoms with Crippen molar-refractivity contribution in [1.29, 1.82) is 0 Å². The molecule has 0 spiro atoms. The molecule has 1 aliphatic heterocycles. The number of para-hydroxylation sites is 1. The Morgan fingerprint density at radius 1 is 1.02 bits per heavy atom. The fourth-order valence-electron chi connectivity index (χ4n) is 6.04. The van der Waals surface area contributed by atoms with E-state index in [1.807, 2.05) is 13.8 Å². The van der Waals surface area contributed by atoms with Crippen molar-refractivity contribution in [2.24, 2.45) is 5.92 Å². The van der Waals surface area contributed by atoms with Crippen molar-refractivity contribution >= 4 is 28.9 Å². The number of anilines is 1. The summed E-state index contributed by atoms with van der Waals surface area (Å²) in [6, 6.07) is 7.97. The lowest BCUT2D eigenvalue weighted by Gasteiger charge is -2.23. The van der Waals surface area contributed by atoms with Crippen molar-refractivity contribution in [2.45, 2.75) is 46.2 Å². The zero-order chi connectivity index (χ0) is 37.6. The summed E-state index contributed by atoms with van der Waals surface area (Å²) < 4.78 is 82.6. The van der Waals surface area contributed by atoms with Crippen molar-refractivity contribution in [3.8, 4) is 22.7 Å². The lowest BCUT2D eigenvalue weighted by Crippen LogP contribution is -2.33. The molecule has 2 aromatic heterocycles. The van der Waals surface area contributed by atoms with E-state index in [9.17, 15) is 27.6 Å². The lowest BCUT2D eigenvalue weighted by atomic mass is 9.97. The minimum atomic E-state index is -5.44. The zero-order valence-electron chi connectivity index (χ0n) is 28.9. The van der Waals surface area contributed by atoms with Crippen LogP contribution in [0.25, 0.3) is 28.0 Å². The fourth-order valence-corrected chi connectivity index (χ4v) is 6.04. The number of nitrogens with one attached hydrogen (secondary N) is 2. The molecule has 0 bridgehead atoms. The highest BCUT2D eigenvalue weighted by Crippen LogP contribution is 2.40. The van der Waals surface area contributed by atoms with Crippen LogP contribution < -0.4 is 20.9 Å². The largest absolute Gasteiger partial charge is 0.491 e. The van der Waals surface area contributed by atoms with Gasteiger partial charge in [0.2, 0.25) is 5.95 Å². The number of aromatic nitrogens is 3. The molecule has 0 unspecified atom stereocenters. The number of alkyl halides is 3. The van der Waals surface area contributed by atoms with Gasteiger partial charge in [-0.3, -0.25) is 14.2 Å². The average Bonchev–Trinajstić information content (AvgIpc) is 3.11. The molecule has 1 saturated heterocycles. The van der Waals surface area contributed by atoms with Crippen LogP contribution in [-0.4, -0.2) is 83.4 Å². The molecule has 2 aromatic carbocycles.